The van der Waals surface area contributed by atoms with E-state index in [1.54, 1.807) is 0 Å². The molecular weight excluding hydrogens is 328 g/mol. The number of nitrogens with one attached hydrogen (secondary N) is 1. The smallest absolute Gasteiger partial charge is 0.153 e. The van der Waals surface area contributed by atoms with E-state index in [1.807, 2.05) is 11.7 Å². The van der Waals surface area contributed by atoms with E-state index in [2.05, 4.69) is 68.8 Å². The molecule has 0 aliphatic heterocycles. The third-order valence-electron chi connectivity index (χ3n) is 3.60. The lowest BCUT2D eigenvalue weighted by Gasteiger charge is -2.18. The first kappa shape index (κ1) is 16.2. The van der Waals surface area contributed by atoms with E-state index in [-0.39, 0.29) is 0 Å². The number of aryl methyl sites for hydroxylation is 2. The maximum Gasteiger partial charge on any atom is 0.153 e. The summed E-state index contributed by atoms with van der Waals surface area (Å²) in [4.78, 5) is 0. The molecule has 1 atom stereocenters. The van der Waals surface area contributed by atoms with Crippen LogP contribution in [0.3, 0.4) is 0 Å². The average molecular weight is 351 g/mol. The molecule has 0 bridgehead atoms. The molecule has 0 aliphatic carbocycles. The van der Waals surface area contributed by atoms with Gasteiger partial charge < -0.3 is 5.32 Å². The summed E-state index contributed by atoms with van der Waals surface area (Å²) in [6.45, 7) is 3.19. The Bertz CT molecular complexity index is 519. The molecule has 0 aliphatic rings. The predicted octanol–water partition coefficient (Wildman–Crippen LogP) is 3.64. The molecule has 0 amide bonds. The van der Waals surface area contributed by atoms with Gasteiger partial charge in [0.1, 0.15) is 0 Å². The SMILES string of the molecule is CCCNC(CCCc1ccccc1)c1c(Br)nnn1C. The van der Waals surface area contributed by atoms with E-state index < -0.39 is 0 Å². The van der Waals surface area contributed by atoms with Crippen molar-refractivity contribution in [1.29, 1.82) is 0 Å². The van der Waals surface area contributed by atoms with Gasteiger partial charge in [-0.15, -0.1) is 5.10 Å². The van der Waals surface area contributed by atoms with Crippen LogP contribution in [0.25, 0.3) is 0 Å². The van der Waals surface area contributed by atoms with Crippen LogP contribution >= 0.6 is 15.9 Å². The van der Waals surface area contributed by atoms with Crippen LogP contribution in [-0.2, 0) is 13.5 Å². The normalized spacial score (nSPS) is 12.5. The number of hydrogen-bond acceptors (Lipinski definition) is 3. The summed E-state index contributed by atoms with van der Waals surface area (Å²) >= 11 is 3.51. The van der Waals surface area contributed by atoms with Crippen molar-refractivity contribution in [3.05, 3.63) is 46.2 Å². The minimum atomic E-state index is 0.294. The van der Waals surface area contributed by atoms with Crippen molar-refractivity contribution in [2.75, 3.05) is 6.54 Å². The molecule has 0 radical (unpaired) electrons. The molecule has 2 aromatic rings. The highest BCUT2D eigenvalue weighted by Gasteiger charge is 2.19. The number of nitrogens with zero attached hydrogens (tertiary/aromatic N) is 3. The Morgan fingerprint density at radius 2 is 2.05 bits per heavy atom. The van der Waals surface area contributed by atoms with Crippen molar-refractivity contribution in [3.63, 3.8) is 0 Å². The van der Waals surface area contributed by atoms with E-state index in [4.69, 9.17) is 0 Å². The number of hydrogen-bond donors (Lipinski definition) is 1. The fraction of sp³-hybridized carbons (Fsp3) is 0.500. The molecule has 0 spiro atoms. The van der Waals surface area contributed by atoms with Crippen molar-refractivity contribution >= 4 is 15.9 Å². The van der Waals surface area contributed by atoms with Crippen LogP contribution < -0.4 is 5.32 Å². The third kappa shape index (κ3) is 4.64. The fourth-order valence-corrected chi connectivity index (χ4v) is 3.12. The summed E-state index contributed by atoms with van der Waals surface area (Å²) in [7, 11) is 1.95. The van der Waals surface area contributed by atoms with Crippen molar-refractivity contribution in [1.82, 2.24) is 20.3 Å². The molecule has 1 aromatic heterocycles. The van der Waals surface area contributed by atoms with Gasteiger partial charge in [0.2, 0.25) is 0 Å². The Labute approximate surface area is 135 Å². The Morgan fingerprint density at radius 1 is 1.29 bits per heavy atom. The molecule has 5 heteroatoms. The third-order valence-corrected chi connectivity index (χ3v) is 4.16. The van der Waals surface area contributed by atoms with Gasteiger partial charge in [0.15, 0.2) is 4.60 Å². The first-order valence-corrected chi connectivity index (χ1v) is 8.34. The van der Waals surface area contributed by atoms with Gasteiger partial charge in [0, 0.05) is 7.05 Å². The van der Waals surface area contributed by atoms with E-state index in [9.17, 15) is 0 Å². The van der Waals surface area contributed by atoms with Crippen molar-refractivity contribution in [2.45, 2.75) is 38.6 Å². The Kier molecular flexibility index (Phi) is 6.39. The highest BCUT2D eigenvalue weighted by molar-refractivity contribution is 9.10. The van der Waals surface area contributed by atoms with Gasteiger partial charge in [-0.25, -0.2) is 4.68 Å². The molecule has 1 heterocycles. The lowest BCUT2D eigenvalue weighted by Crippen LogP contribution is -2.24. The zero-order valence-electron chi connectivity index (χ0n) is 12.7. The first-order valence-electron chi connectivity index (χ1n) is 7.54. The van der Waals surface area contributed by atoms with Crippen LogP contribution in [0.15, 0.2) is 34.9 Å². The summed E-state index contributed by atoms with van der Waals surface area (Å²) < 4.78 is 2.71. The second kappa shape index (κ2) is 8.29. The van der Waals surface area contributed by atoms with Gasteiger partial charge in [0.05, 0.1) is 11.7 Å². The summed E-state index contributed by atoms with van der Waals surface area (Å²) in [5.41, 5.74) is 2.53. The van der Waals surface area contributed by atoms with Gasteiger partial charge in [-0.3, -0.25) is 0 Å². The molecule has 114 valence electrons. The maximum absolute atomic E-state index is 4.10. The summed E-state index contributed by atoms with van der Waals surface area (Å²) in [5, 5.41) is 11.8. The first-order chi connectivity index (χ1) is 10.2. The molecule has 21 heavy (non-hydrogen) atoms. The van der Waals surface area contributed by atoms with E-state index in [1.165, 1.54) is 5.56 Å². The molecule has 1 aromatic carbocycles. The molecule has 1 unspecified atom stereocenters. The van der Waals surface area contributed by atoms with Crippen LogP contribution in [-0.4, -0.2) is 21.5 Å². The topological polar surface area (TPSA) is 42.7 Å². The van der Waals surface area contributed by atoms with Gasteiger partial charge in [-0.05, 0) is 53.7 Å². The quantitative estimate of drug-likeness (QED) is 0.790. The van der Waals surface area contributed by atoms with Crippen LogP contribution in [0.1, 0.15) is 43.5 Å². The molecule has 1 N–H and O–H groups in total. The van der Waals surface area contributed by atoms with Crippen LogP contribution in [0.5, 0.6) is 0 Å². The van der Waals surface area contributed by atoms with Crippen molar-refractivity contribution in [3.8, 4) is 0 Å². The number of rotatable bonds is 8. The Hall–Kier alpha value is -1.20. The molecule has 0 fully saturated rings. The molecular formula is C16H23BrN4. The molecule has 0 saturated carbocycles. The number of aromatic nitrogens is 3. The van der Waals surface area contributed by atoms with Gasteiger partial charge >= 0.3 is 0 Å². The average Bonchev–Trinajstić information content (AvgIpc) is 2.83. The van der Waals surface area contributed by atoms with Gasteiger partial charge in [0.25, 0.3) is 0 Å². The number of halogens is 1. The fourth-order valence-electron chi connectivity index (χ4n) is 2.52. The van der Waals surface area contributed by atoms with Crippen molar-refractivity contribution in [2.24, 2.45) is 7.05 Å². The monoisotopic (exact) mass is 350 g/mol. The van der Waals surface area contributed by atoms with Crippen LogP contribution in [0.4, 0.5) is 0 Å². The number of benzene rings is 1. The minimum Gasteiger partial charge on any atom is -0.309 e. The standard InChI is InChI=1S/C16H23BrN4/c1-3-12-18-14(15-16(17)19-20-21(15)2)11-7-10-13-8-5-4-6-9-13/h4-6,8-9,14,18H,3,7,10-12H2,1-2H3. The Balaban J connectivity index is 1.97. The zero-order valence-corrected chi connectivity index (χ0v) is 14.3. The van der Waals surface area contributed by atoms with Crippen LogP contribution in [0.2, 0.25) is 0 Å². The highest BCUT2D eigenvalue weighted by Crippen LogP contribution is 2.25. The van der Waals surface area contributed by atoms with Gasteiger partial charge in [-0.1, -0.05) is 42.5 Å². The summed E-state index contributed by atoms with van der Waals surface area (Å²) in [6.07, 6.45) is 4.45. The van der Waals surface area contributed by atoms with E-state index in [0.29, 0.717) is 6.04 Å². The lowest BCUT2D eigenvalue weighted by atomic mass is 10.0. The largest absolute Gasteiger partial charge is 0.309 e. The maximum atomic E-state index is 4.10. The van der Waals surface area contributed by atoms with Crippen molar-refractivity contribution < 1.29 is 0 Å². The second-order valence-electron chi connectivity index (χ2n) is 5.27. The van der Waals surface area contributed by atoms with Crippen LogP contribution in [0, 0.1) is 0 Å². The molecule has 4 nitrogen and oxygen atoms in total. The second-order valence-corrected chi connectivity index (χ2v) is 6.02. The predicted molar refractivity (Wildman–Crippen MR) is 89.1 cm³/mol. The molecule has 2 rings (SSSR count). The van der Waals surface area contributed by atoms with E-state index >= 15 is 0 Å². The highest BCUT2D eigenvalue weighted by atomic mass is 79.9. The zero-order chi connectivity index (χ0) is 15.1. The summed E-state index contributed by atoms with van der Waals surface area (Å²) in [5.74, 6) is 0. The van der Waals surface area contributed by atoms with Gasteiger partial charge in [-0.2, -0.15) is 0 Å². The van der Waals surface area contributed by atoms with E-state index in [0.717, 1.165) is 42.5 Å². The minimum absolute atomic E-state index is 0.294. The summed E-state index contributed by atoms with van der Waals surface area (Å²) in [6, 6.07) is 10.9. The molecule has 0 saturated heterocycles. The lowest BCUT2D eigenvalue weighted by molar-refractivity contribution is 0.454. The Morgan fingerprint density at radius 3 is 2.67 bits per heavy atom.